The van der Waals surface area contributed by atoms with Crippen LogP contribution in [-0.4, -0.2) is 50.9 Å². The topological polar surface area (TPSA) is 76.7 Å². The number of nitrogens with one attached hydrogen (secondary N) is 1. The molecule has 7 nitrogen and oxygen atoms in total. The minimum absolute atomic E-state index is 0.0726. The summed E-state index contributed by atoms with van der Waals surface area (Å²) < 4.78 is 18.1. The fourth-order valence-corrected chi connectivity index (χ4v) is 4.40. The van der Waals surface area contributed by atoms with Gasteiger partial charge in [0.1, 0.15) is 11.4 Å². The zero-order chi connectivity index (χ0) is 23.6. The maximum absolute atomic E-state index is 13.0. The molecule has 1 aromatic carbocycles. The van der Waals surface area contributed by atoms with Gasteiger partial charge in [-0.15, -0.1) is 0 Å². The average Bonchev–Trinajstić information content (AvgIpc) is 3.25. The Morgan fingerprint density at radius 1 is 1.19 bits per heavy atom. The first-order valence-electron chi connectivity index (χ1n) is 11.5. The van der Waals surface area contributed by atoms with Crippen LogP contribution in [0.15, 0.2) is 18.2 Å². The minimum Gasteiger partial charge on any atom is -0.444 e. The van der Waals surface area contributed by atoms with E-state index in [0.29, 0.717) is 5.92 Å². The summed E-state index contributed by atoms with van der Waals surface area (Å²) in [7, 11) is -0.430. The lowest BCUT2D eigenvalue weighted by Crippen LogP contribution is -2.41. The van der Waals surface area contributed by atoms with Gasteiger partial charge < -0.3 is 19.0 Å². The van der Waals surface area contributed by atoms with E-state index in [4.69, 9.17) is 19.0 Å². The fraction of sp³-hybridized carbons (Fsp3) is 0.667. The normalized spacial score (nSPS) is 27.3. The number of likely N-dealkylation sites (tertiary alicyclic amines) is 1. The fourth-order valence-electron chi connectivity index (χ4n) is 4.40. The number of hydrogen-bond acceptors (Lipinski definition) is 5. The Balaban J connectivity index is 1.63. The molecular weight excluding hydrogens is 405 g/mol. The molecule has 1 aromatic heterocycles. The number of amides is 1. The van der Waals surface area contributed by atoms with Crippen LogP contribution in [-0.2, 0) is 14.0 Å². The van der Waals surface area contributed by atoms with Crippen LogP contribution in [0.2, 0.25) is 0 Å². The Kier molecular flexibility index (Phi) is 5.41. The lowest BCUT2D eigenvalue weighted by Gasteiger charge is -2.32. The molecule has 2 fully saturated rings. The van der Waals surface area contributed by atoms with Gasteiger partial charge in [-0.3, -0.25) is 4.90 Å². The third kappa shape index (κ3) is 4.03. The van der Waals surface area contributed by atoms with Gasteiger partial charge in [0.25, 0.3) is 0 Å². The molecule has 174 valence electrons. The van der Waals surface area contributed by atoms with E-state index in [0.717, 1.165) is 28.7 Å². The molecule has 1 amide bonds. The van der Waals surface area contributed by atoms with Crippen molar-refractivity contribution in [3.05, 3.63) is 24.0 Å². The number of carbonyl (C=O) groups excluding carboxylic acids is 1. The highest BCUT2D eigenvalue weighted by atomic mass is 16.7. The first-order valence-corrected chi connectivity index (χ1v) is 11.5. The third-order valence-electron chi connectivity index (χ3n) is 7.16. The molecule has 3 atom stereocenters. The molecule has 32 heavy (non-hydrogen) atoms. The van der Waals surface area contributed by atoms with Crippen molar-refractivity contribution in [1.29, 1.82) is 0 Å². The number of benzene rings is 1. The van der Waals surface area contributed by atoms with Crippen LogP contribution >= 0.6 is 0 Å². The highest BCUT2D eigenvalue weighted by Crippen LogP contribution is 2.40. The van der Waals surface area contributed by atoms with Gasteiger partial charge in [-0.25, -0.2) is 9.78 Å². The highest BCUT2D eigenvalue weighted by Gasteiger charge is 2.51. The molecule has 0 radical (unpaired) electrons. The van der Waals surface area contributed by atoms with Gasteiger partial charge in [0.2, 0.25) is 0 Å². The van der Waals surface area contributed by atoms with Gasteiger partial charge in [-0.05, 0) is 85.3 Å². The van der Waals surface area contributed by atoms with E-state index in [1.54, 1.807) is 0 Å². The first kappa shape index (κ1) is 23.1. The SMILES string of the molecule is C[C@@H]1C[C@@H](c2nc3ccc(B4OC(C)(C)C(C)(C)O4)cc3[nH]2)N(C(=O)OC(C)(C)C)[C@@H]1C. The van der Waals surface area contributed by atoms with E-state index in [1.165, 1.54) is 0 Å². The summed E-state index contributed by atoms with van der Waals surface area (Å²) in [5.74, 6) is 1.13. The maximum atomic E-state index is 13.0. The molecule has 2 aliphatic rings. The van der Waals surface area contributed by atoms with Gasteiger partial charge in [0.05, 0.1) is 28.3 Å². The molecule has 0 spiro atoms. The molecule has 0 unspecified atom stereocenters. The highest BCUT2D eigenvalue weighted by molar-refractivity contribution is 6.62. The van der Waals surface area contributed by atoms with Crippen molar-refractivity contribution in [3.8, 4) is 0 Å². The van der Waals surface area contributed by atoms with Crippen molar-refractivity contribution in [2.24, 2.45) is 5.92 Å². The average molecular weight is 441 g/mol. The largest absolute Gasteiger partial charge is 0.494 e. The Labute approximate surface area is 191 Å². The van der Waals surface area contributed by atoms with Crippen LogP contribution in [0.25, 0.3) is 11.0 Å². The predicted octanol–water partition coefficient (Wildman–Crippen LogP) is 4.57. The van der Waals surface area contributed by atoms with Crippen molar-refractivity contribution in [3.63, 3.8) is 0 Å². The summed E-state index contributed by atoms with van der Waals surface area (Å²) in [6.45, 7) is 18.1. The van der Waals surface area contributed by atoms with Crippen LogP contribution in [0.4, 0.5) is 4.79 Å². The van der Waals surface area contributed by atoms with Gasteiger partial charge >= 0.3 is 13.2 Å². The van der Waals surface area contributed by atoms with Gasteiger partial charge in [-0.2, -0.15) is 0 Å². The van der Waals surface area contributed by atoms with Crippen LogP contribution in [0.5, 0.6) is 0 Å². The second kappa shape index (κ2) is 7.49. The van der Waals surface area contributed by atoms with E-state index in [2.05, 4.69) is 18.8 Å². The van der Waals surface area contributed by atoms with Crippen LogP contribution in [0.3, 0.4) is 0 Å². The van der Waals surface area contributed by atoms with E-state index in [9.17, 15) is 4.79 Å². The second-order valence-electron chi connectivity index (χ2n) is 11.3. The monoisotopic (exact) mass is 441 g/mol. The van der Waals surface area contributed by atoms with E-state index in [-0.39, 0.29) is 18.2 Å². The number of ether oxygens (including phenoxy) is 1. The number of aromatic nitrogens is 2. The minimum atomic E-state index is -0.543. The number of rotatable bonds is 2. The van der Waals surface area contributed by atoms with E-state index >= 15 is 0 Å². The summed E-state index contributed by atoms with van der Waals surface area (Å²) >= 11 is 0. The number of imidazole rings is 1. The number of nitrogens with zero attached hydrogens (tertiary/aromatic N) is 2. The van der Waals surface area contributed by atoms with Crippen molar-refractivity contribution in [2.75, 3.05) is 0 Å². The number of aromatic amines is 1. The van der Waals surface area contributed by atoms with Crippen molar-refractivity contribution >= 4 is 29.7 Å². The lowest BCUT2D eigenvalue weighted by atomic mass is 9.79. The Hall–Kier alpha value is -2.06. The molecule has 4 rings (SSSR count). The second-order valence-corrected chi connectivity index (χ2v) is 11.3. The maximum Gasteiger partial charge on any atom is 0.494 e. The number of carbonyl (C=O) groups is 1. The molecule has 2 aliphatic heterocycles. The number of hydrogen-bond donors (Lipinski definition) is 1. The molecule has 0 bridgehead atoms. The molecule has 3 heterocycles. The summed E-state index contributed by atoms with van der Waals surface area (Å²) in [5.41, 5.74) is 1.38. The van der Waals surface area contributed by atoms with Crippen molar-refractivity contribution in [1.82, 2.24) is 14.9 Å². The smallest absolute Gasteiger partial charge is 0.444 e. The molecular formula is C24H36BN3O4. The lowest BCUT2D eigenvalue weighted by molar-refractivity contribution is 0.00578. The van der Waals surface area contributed by atoms with Gasteiger partial charge in [0, 0.05) is 6.04 Å². The summed E-state index contributed by atoms with van der Waals surface area (Å²) in [6.07, 6.45) is 0.544. The number of H-pyrrole nitrogens is 1. The molecule has 1 N–H and O–H groups in total. The van der Waals surface area contributed by atoms with Crippen LogP contribution < -0.4 is 5.46 Å². The first-order chi connectivity index (χ1) is 14.7. The predicted molar refractivity (Wildman–Crippen MR) is 126 cm³/mol. The quantitative estimate of drug-likeness (QED) is 0.691. The van der Waals surface area contributed by atoms with Gasteiger partial charge in [0.15, 0.2) is 0 Å². The molecule has 2 saturated heterocycles. The van der Waals surface area contributed by atoms with Crippen molar-refractivity contribution < 1.29 is 18.8 Å². The Morgan fingerprint density at radius 2 is 1.81 bits per heavy atom. The van der Waals surface area contributed by atoms with Crippen LogP contribution in [0, 0.1) is 5.92 Å². The molecule has 8 heteroatoms. The molecule has 0 saturated carbocycles. The van der Waals surface area contributed by atoms with E-state index < -0.39 is 23.9 Å². The molecule has 0 aliphatic carbocycles. The van der Waals surface area contributed by atoms with E-state index in [1.807, 2.05) is 71.6 Å². The third-order valence-corrected chi connectivity index (χ3v) is 7.16. The zero-order valence-corrected chi connectivity index (χ0v) is 20.8. The Bertz CT molecular complexity index is 1010. The van der Waals surface area contributed by atoms with Crippen molar-refractivity contribution in [2.45, 2.75) is 97.6 Å². The zero-order valence-electron chi connectivity index (χ0n) is 20.8. The summed E-state index contributed by atoms with van der Waals surface area (Å²) in [4.78, 5) is 23.1. The van der Waals surface area contributed by atoms with Crippen LogP contribution in [0.1, 0.15) is 80.6 Å². The van der Waals surface area contributed by atoms with Gasteiger partial charge in [-0.1, -0.05) is 13.0 Å². The number of fused-ring (bicyclic) bond motifs is 1. The molecule has 2 aromatic rings. The summed E-state index contributed by atoms with van der Waals surface area (Å²) in [6, 6.07) is 5.94. The Morgan fingerprint density at radius 3 is 2.41 bits per heavy atom. The summed E-state index contributed by atoms with van der Waals surface area (Å²) in [5, 5.41) is 0. The standard InChI is InChI=1S/C24H36BN3O4/c1-14-12-19(28(15(14)2)21(29)30-22(3,4)5)20-26-17-11-10-16(13-18(17)27-20)25-31-23(6,7)24(8,9)32-25/h10-11,13-15,19H,12H2,1-9H3,(H,26,27)/t14-,15-,19+/m1/s1.